The number of anilines is 1. The van der Waals surface area contributed by atoms with E-state index in [4.69, 9.17) is 18.0 Å². The molecule has 82 valence electrons. The second-order valence-corrected chi connectivity index (χ2v) is 3.39. The van der Waals surface area contributed by atoms with E-state index in [0.29, 0.717) is 17.1 Å². The summed E-state index contributed by atoms with van der Waals surface area (Å²) >= 11 is 4.80. The lowest BCUT2D eigenvalue weighted by Crippen LogP contribution is -2.17. The van der Waals surface area contributed by atoms with Crippen LogP contribution in [0.4, 0.5) is 5.82 Å². The van der Waals surface area contributed by atoms with Crippen LogP contribution in [0.2, 0.25) is 0 Å². The minimum absolute atomic E-state index is 0.161. The summed E-state index contributed by atoms with van der Waals surface area (Å²) in [5, 5.41) is 15.1. The normalized spacial score (nSPS) is 10.0. The lowest BCUT2D eigenvalue weighted by Gasteiger charge is -2.02. The largest absolute Gasteiger partial charge is 0.389 e. The van der Waals surface area contributed by atoms with Crippen LogP contribution >= 0.6 is 12.2 Å². The van der Waals surface area contributed by atoms with Gasteiger partial charge in [0.1, 0.15) is 16.5 Å². The van der Waals surface area contributed by atoms with E-state index in [-0.39, 0.29) is 10.9 Å². The molecule has 0 aliphatic rings. The zero-order chi connectivity index (χ0) is 11.5. The van der Waals surface area contributed by atoms with Crippen molar-refractivity contribution < 1.29 is 4.79 Å². The Morgan fingerprint density at radius 1 is 1.44 bits per heavy atom. The summed E-state index contributed by atoms with van der Waals surface area (Å²) in [5.74, 6) is 0.0198. The second-order valence-electron chi connectivity index (χ2n) is 2.95. The van der Waals surface area contributed by atoms with E-state index in [1.54, 1.807) is 6.07 Å². The Labute approximate surface area is 95.4 Å². The predicted octanol–water partition coefficient (Wildman–Crippen LogP) is 0.0193. The van der Waals surface area contributed by atoms with Crippen LogP contribution in [-0.2, 0) is 0 Å². The molecule has 1 amide bonds. The Morgan fingerprint density at radius 3 is 2.88 bits per heavy atom. The van der Waals surface area contributed by atoms with Crippen LogP contribution in [0.3, 0.4) is 0 Å². The van der Waals surface area contributed by atoms with E-state index >= 15 is 0 Å². The molecule has 0 aliphatic carbocycles. The van der Waals surface area contributed by atoms with Crippen molar-refractivity contribution in [2.45, 2.75) is 0 Å². The average Bonchev–Trinajstić information content (AvgIpc) is 2.86. The van der Waals surface area contributed by atoms with Crippen LogP contribution < -0.4 is 11.1 Å². The maximum atomic E-state index is 11.6. The molecular formula is C8H8N6OS. The number of hydrogen-bond acceptors (Lipinski definition) is 4. The lowest BCUT2D eigenvalue weighted by atomic mass is 10.3. The monoisotopic (exact) mass is 236 g/mol. The summed E-state index contributed by atoms with van der Waals surface area (Å²) in [6, 6.07) is 1.55. The van der Waals surface area contributed by atoms with Gasteiger partial charge in [0.25, 0.3) is 5.91 Å². The van der Waals surface area contributed by atoms with Crippen molar-refractivity contribution in [3.63, 3.8) is 0 Å². The number of thiocarbonyl (C=S) groups is 1. The van der Waals surface area contributed by atoms with Crippen molar-refractivity contribution in [2.75, 3.05) is 5.32 Å². The molecule has 16 heavy (non-hydrogen) atoms. The fourth-order valence-corrected chi connectivity index (χ4v) is 1.29. The molecule has 0 atom stereocenters. The molecular weight excluding hydrogens is 228 g/mol. The number of aromatic amines is 2. The summed E-state index contributed by atoms with van der Waals surface area (Å²) < 4.78 is 0. The summed E-state index contributed by atoms with van der Waals surface area (Å²) in [6.45, 7) is 0. The number of carbonyl (C=O) groups is 1. The second kappa shape index (κ2) is 4.11. The van der Waals surface area contributed by atoms with E-state index in [2.05, 4.69) is 25.7 Å². The van der Waals surface area contributed by atoms with Crippen LogP contribution in [-0.4, -0.2) is 31.3 Å². The average molecular weight is 236 g/mol. The molecule has 2 aromatic rings. The molecule has 0 fully saturated rings. The van der Waals surface area contributed by atoms with Crippen LogP contribution in [0.5, 0.6) is 0 Å². The summed E-state index contributed by atoms with van der Waals surface area (Å²) in [7, 11) is 0. The highest BCUT2D eigenvalue weighted by Crippen LogP contribution is 2.11. The number of aromatic nitrogens is 4. The third-order valence-corrected chi connectivity index (χ3v) is 2.11. The van der Waals surface area contributed by atoms with Crippen LogP contribution in [0, 0.1) is 0 Å². The highest BCUT2D eigenvalue weighted by Gasteiger charge is 2.12. The zero-order valence-electron chi connectivity index (χ0n) is 8.02. The summed E-state index contributed by atoms with van der Waals surface area (Å²) in [6.07, 6.45) is 2.93. The molecule has 0 saturated heterocycles. The molecule has 0 aliphatic heterocycles. The number of carbonyl (C=O) groups excluding carboxylic acids is 1. The third kappa shape index (κ3) is 1.91. The van der Waals surface area contributed by atoms with E-state index < -0.39 is 0 Å². The Kier molecular flexibility index (Phi) is 2.64. The van der Waals surface area contributed by atoms with Gasteiger partial charge in [-0.2, -0.15) is 10.2 Å². The van der Waals surface area contributed by atoms with Crippen molar-refractivity contribution in [2.24, 2.45) is 5.73 Å². The first kappa shape index (κ1) is 10.3. The highest BCUT2D eigenvalue weighted by atomic mass is 32.1. The molecule has 0 aromatic carbocycles. The van der Waals surface area contributed by atoms with Crippen molar-refractivity contribution in [3.05, 3.63) is 29.7 Å². The van der Waals surface area contributed by atoms with Gasteiger partial charge in [0.15, 0.2) is 0 Å². The minimum Gasteiger partial charge on any atom is -0.389 e. The molecule has 0 unspecified atom stereocenters. The Balaban J connectivity index is 2.18. The minimum atomic E-state index is -0.348. The number of nitrogens with zero attached hydrogens (tertiary/aromatic N) is 2. The van der Waals surface area contributed by atoms with Gasteiger partial charge in [0, 0.05) is 6.20 Å². The number of nitrogens with two attached hydrogens (primary N) is 1. The van der Waals surface area contributed by atoms with E-state index in [1.165, 1.54) is 12.4 Å². The lowest BCUT2D eigenvalue weighted by molar-refractivity contribution is 0.102. The summed E-state index contributed by atoms with van der Waals surface area (Å²) in [5.41, 5.74) is 6.28. The van der Waals surface area contributed by atoms with Gasteiger partial charge in [-0.25, -0.2) is 0 Å². The van der Waals surface area contributed by atoms with Crippen molar-refractivity contribution in [1.29, 1.82) is 0 Å². The number of nitrogens with one attached hydrogen (secondary N) is 3. The zero-order valence-corrected chi connectivity index (χ0v) is 8.84. The Hall–Kier alpha value is -2.22. The first-order chi connectivity index (χ1) is 7.68. The molecule has 2 aromatic heterocycles. The SMILES string of the molecule is NC(=S)c1cn[nH]c1NC(=O)c1ccn[nH]1. The molecule has 2 heterocycles. The fourth-order valence-electron chi connectivity index (χ4n) is 1.13. The van der Waals surface area contributed by atoms with Gasteiger partial charge in [0.2, 0.25) is 0 Å². The maximum absolute atomic E-state index is 11.6. The molecule has 0 radical (unpaired) electrons. The molecule has 7 nitrogen and oxygen atoms in total. The van der Waals surface area contributed by atoms with Crippen molar-refractivity contribution in [1.82, 2.24) is 20.4 Å². The first-order valence-corrected chi connectivity index (χ1v) is 4.73. The molecule has 2 rings (SSSR count). The van der Waals surface area contributed by atoms with E-state index in [0.717, 1.165) is 0 Å². The topological polar surface area (TPSA) is 112 Å². The highest BCUT2D eigenvalue weighted by molar-refractivity contribution is 7.80. The number of hydrogen-bond donors (Lipinski definition) is 4. The van der Waals surface area contributed by atoms with E-state index in [1.807, 2.05) is 0 Å². The molecule has 0 saturated carbocycles. The first-order valence-electron chi connectivity index (χ1n) is 4.32. The Bertz CT molecular complexity index is 516. The maximum Gasteiger partial charge on any atom is 0.274 e. The molecule has 0 bridgehead atoms. The number of rotatable bonds is 3. The van der Waals surface area contributed by atoms with Crippen molar-refractivity contribution >= 4 is 28.9 Å². The van der Waals surface area contributed by atoms with Gasteiger partial charge in [0.05, 0.1) is 11.8 Å². The van der Waals surface area contributed by atoms with Crippen molar-refractivity contribution in [3.8, 4) is 0 Å². The Morgan fingerprint density at radius 2 is 2.25 bits per heavy atom. The van der Waals surface area contributed by atoms with Gasteiger partial charge >= 0.3 is 0 Å². The number of H-pyrrole nitrogens is 2. The van der Waals surface area contributed by atoms with Gasteiger partial charge in [-0.05, 0) is 6.07 Å². The van der Waals surface area contributed by atoms with E-state index in [9.17, 15) is 4.79 Å². The molecule has 0 spiro atoms. The number of amides is 1. The molecule has 8 heteroatoms. The van der Waals surface area contributed by atoms with Crippen LogP contribution in [0.25, 0.3) is 0 Å². The molecule has 5 N–H and O–H groups in total. The third-order valence-electron chi connectivity index (χ3n) is 1.89. The smallest absolute Gasteiger partial charge is 0.274 e. The fraction of sp³-hybridized carbons (Fsp3) is 0. The predicted molar refractivity (Wildman–Crippen MR) is 61.0 cm³/mol. The van der Waals surface area contributed by atoms with Gasteiger partial charge in [-0.3, -0.25) is 15.0 Å². The van der Waals surface area contributed by atoms with Gasteiger partial charge < -0.3 is 11.1 Å². The van der Waals surface area contributed by atoms with Crippen LogP contribution in [0.15, 0.2) is 18.5 Å². The standard InChI is InChI=1S/C8H8N6OS/c9-6(16)4-3-11-14-7(4)12-8(15)5-1-2-10-13-5/h1-3H,(H2,9,16)(H,10,13)(H2,11,12,14,15). The van der Waals surface area contributed by atoms with Gasteiger partial charge in [-0.1, -0.05) is 12.2 Å². The van der Waals surface area contributed by atoms with Crippen LogP contribution in [0.1, 0.15) is 16.1 Å². The summed E-state index contributed by atoms with van der Waals surface area (Å²) in [4.78, 5) is 11.8. The quantitative estimate of drug-likeness (QED) is 0.561. The van der Waals surface area contributed by atoms with Gasteiger partial charge in [-0.15, -0.1) is 0 Å².